The molecule has 0 aliphatic heterocycles. The van der Waals surface area contributed by atoms with Crippen LogP contribution in [0.25, 0.3) is 0 Å². The average molecular weight is 660 g/mol. The predicted molar refractivity (Wildman–Crippen MR) is 161 cm³/mol. The Morgan fingerprint density at radius 1 is 0.583 bits per heavy atom. The zero-order valence-electron chi connectivity index (χ0n) is 19.3. The van der Waals surface area contributed by atoms with E-state index in [1.54, 1.807) is 0 Å². The van der Waals surface area contributed by atoms with E-state index in [4.69, 9.17) is 4.99 Å². The van der Waals surface area contributed by atoms with Crippen LogP contribution < -0.4 is 17.4 Å². The molecule has 0 aliphatic rings. The molecule has 5 heteroatoms. The minimum absolute atomic E-state index is 0.166. The molecule has 0 aliphatic carbocycles. The first kappa shape index (κ1) is 24.8. The Kier molecular flexibility index (Phi) is 7.57. The van der Waals surface area contributed by atoms with E-state index in [1.807, 2.05) is 18.3 Å². The molecule has 1 N–H and O–H groups in total. The third-order valence-corrected chi connectivity index (χ3v) is 16.4. The van der Waals surface area contributed by atoms with Gasteiger partial charge in [-0.15, -0.1) is 0 Å². The molecule has 0 unspecified atom stereocenters. The summed E-state index contributed by atoms with van der Waals surface area (Å²) in [4.78, 5) is 4.83. The Balaban J connectivity index is 1.79. The first-order valence-corrected chi connectivity index (χ1v) is 16.8. The van der Waals surface area contributed by atoms with Crippen molar-refractivity contribution in [2.75, 3.05) is 0 Å². The summed E-state index contributed by atoms with van der Waals surface area (Å²) < 4.78 is 6.55. The third-order valence-electron chi connectivity index (χ3n) is 6.08. The normalized spacial score (nSPS) is 11.6. The topological polar surface area (TPSA) is 32.6 Å². The van der Waals surface area contributed by atoms with Crippen LogP contribution in [0.3, 0.4) is 0 Å². The number of benzene rings is 5. The van der Waals surface area contributed by atoms with Gasteiger partial charge in [0, 0.05) is 0 Å². The first-order chi connectivity index (χ1) is 17.6. The van der Waals surface area contributed by atoms with Crippen molar-refractivity contribution < 1.29 is 5.11 Å². The van der Waals surface area contributed by atoms with Crippen molar-refractivity contribution in [3.63, 3.8) is 0 Å². The fraction of sp³-hybridized carbons (Fsp3) is 0. The summed E-state index contributed by atoms with van der Waals surface area (Å²) in [7, 11) is 0. The number of hydrogen-bond acceptors (Lipinski definition) is 2. The summed E-state index contributed by atoms with van der Waals surface area (Å²) in [5.74, 6) is 0.166. The summed E-state index contributed by atoms with van der Waals surface area (Å²) in [5.41, 5.74) is 1.83. The number of phenolic OH excluding ortho intramolecular Hbond substituents is 1. The van der Waals surface area contributed by atoms with Gasteiger partial charge in [0.1, 0.15) is 0 Å². The number of rotatable bonds is 6. The van der Waals surface area contributed by atoms with Gasteiger partial charge in [0.15, 0.2) is 0 Å². The molecular weight excluding hydrogens is 637 g/mol. The summed E-state index contributed by atoms with van der Waals surface area (Å²) in [6, 6.07) is 45.0. The van der Waals surface area contributed by atoms with Crippen LogP contribution in [0.1, 0.15) is 5.56 Å². The third kappa shape index (κ3) is 4.74. The van der Waals surface area contributed by atoms with Crippen molar-refractivity contribution in [1.29, 1.82) is 0 Å². The van der Waals surface area contributed by atoms with E-state index in [0.717, 1.165) is 11.3 Å². The molecule has 0 bridgehead atoms. The molecule has 5 aromatic rings. The van der Waals surface area contributed by atoms with E-state index in [0.29, 0.717) is 8.95 Å². The molecule has 2 nitrogen and oxygen atoms in total. The van der Waals surface area contributed by atoms with E-state index in [-0.39, 0.29) is 5.75 Å². The van der Waals surface area contributed by atoms with Crippen molar-refractivity contribution in [2.24, 2.45) is 4.99 Å². The number of hydrogen-bond donors (Lipinski definition) is 1. The standard InChI is InChI=1S/C31H22AsBr2NO/c33-29-20-27(21-30(34)31(29)36)35-22-23-12-10-11-19-28(23)32(24-13-4-1-5-14-24,25-15-6-2-7-16-25)26-17-8-3-9-18-26/h1-22H/p+1. The monoisotopic (exact) mass is 658 g/mol. The SMILES string of the molecule is Oc1c(Br)cc(N=Cc2ccccc2[As+](c2ccccc2)(c2ccccc2)c2ccccc2)cc1Br. The Hall–Kier alpha value is -2.91. The molecule has 0 fully saturated rings. The Morgan fingerprint density at radius 3 is 1.47 bits per heavy atom. The fourth-order valence-electron chi connectivity index (χ4n) is 4.49. The number of aliphatic imine (C=N–C) groups is 1. The summed E-state index contributed by atoms with van der Waals surface area (Å²) in [6.45, 7) is 0. The molecule has 36 heavy (non-hydrogen) atoms. The van der Waals surface area contributed by atoms with Crippen LogP contribution >= 0.6 is 31.9 Å². The van der Waals surface area contributed by atoms with E-state index in [1.165, 1.54) is 17.4 Å². The molecule has 0 amide bonds. The van der Waals surface area contributed by atoms with Gasteiger partial charge < -0.3 is 0 Å². The Morgan fingerprint density at radius 2 is 1.00 bits per heavy atom. The van der Waals surface area contributed by atoms with Crippen LogP contribution in [0.4, 0.5) is 5.69 Å². The molecule has 0 spiro atoms. The number of nitrogens with zero attached hydrogens (tertiary/aromatic N) is 1. The maximum atomic E-state index is 10.1. The van der Waals surface area contributed by atoms with Crippen LogP contribution in [-0.4, -0.2) is 24.9 Å². The van der Waals surface area contributed by atoms with Crippen LogP contribution in [0, 0.1) is 0 Å². The fourth-order valence-corrected chi connectivity index (χ4v) is 14.9. The number of aromatic hydroxyl groups is 1. The van der Waals surface area contributed by atoms with Crippen LogP contribution in [0.15, 0.2) is 141 Å². The van der Waals surface area contributed by atoms with E-state index < -0.39 is 13.6 Å². The van der Waals surface area contributed by atoms with Gasteiger partial charge in [0.25, 0.3) is 0 Å². The van der Waals surface area contributed by atoms with E-state index in [2.05, 4.69) is 147 Å². The van der Waals surface area contributed by atoms with Gasteiger partial charge in [-0.25, -0.2) is 0 Å². The predicted octanol–water partition coefficient (Wildman–Crippen LogP) is 6.05. The van der Waals surface area contributed by atoms with Gasteiger partial charge in [-0.2, -0.15) is 0 Å². The van der Waals surface area contributed by atoms with Crippen LogP contribution in [0.2, 0.25) is 0 Å². The van der Waals surface area contributed by atoms with Crippen molar-refractivity contribution in [2.45, 2.75) is 0 Å². The molecule has 0 atom stereocenters. The molecule has 0 radical (unpaired) electrons. The molecule has 0 saturated carbocycles. The quantitative estimate of drug-likeness (QED) is 0.175. The second kappa shape index (κ2) is 11.0. The summed E-state index contributed by atoms with van der Waals surface area (Å²) in [6.07, 6.45) is 1.95. The summed E-state index contributed by atoms with van der Waals surface area (Å²) >= 11 is 3.67. The Labute approximate surface area is 231 Å². The minimum atomic E-state index is -3.16. The second-order valence-corrected chi connectivity index (χ2v) is 17.0. The first-order valence-electron chi connectivity index (χ1n) is 11.5. The van der Waals surface area contributed by atoms with Gasteiger partial charge in [-0.1, -0.05) is 0 Å². The molecular formula is C31H23AsBr2NO+. The maximum absolute atomic E-state index is 10.1. The second-order valence-electron chi connectivity index (χ2n) is 8.25. The van der Waals surface area contributed by atoms with Gasteiger partial charge in [-0.3, -0.25) is 0 Å². The van der Waals surface area contributed by atoms with Crippen molar-refractivity contribution in [3.05, 3.63) is 142 Å². The van der Waals surface area contributed by atoms with E-state index in [9.17, 15) is 5.11 Å². The van der Waals surface area contributed by atoms with Gasteiger partial charge in [0.2, 0.25) is 0 Å². The van der Waals surface area contributed by atoms with Gasteiger partial charge in [0.05, 0.1) is 0 Å². The van der Waals surface area contributed by atoms with Crippen molar-refractivity contribution in [1.82, 2.24) is 0 Å². The molecule has 0 heterocycles. The van der Waals surface area contributed by atoms with Crippen molar-refractivity contribution in [3.8, 4) is 5.75 Å². The van der Waals surface area contributed by atoms with E-state index >= 15 is 0 Å². The van der Waals surface area contributed by atoms with Crippen LogP contribution in [0.5, 0.6) is 5.75 Å². The number of halogens is 2. The van der Waals surface area contributed by atoms with Crippen LogP contribution in [-0.2, 0) is 0 Å². The molecule has 5 aromatic carbocycles. The average Bonchev–Trinajstić information content (AvgIpc) is 2.93. The zero-order valence-corrected chi connectivity index (χ0v) is 24.3. The molecule has 176 valence electrons. The Bertz CT molecular complexity index is 1390. The van der Waals surface area contributed by atoms with Crippen molar-refractivity contribution >= 4 is 74.7 Å². The molecule has 5 rings (SSSR count). The zero-order chi connectivity index (χ0) is 25.0. The van der Waals surface area contributed by atoms with Gasteiger partial charge >= 0.3 is 232 Å². The summed E-state index contributed by atoms with van der Waals surface area (Å²) in [5, 5.41) is 10.1. The van der Waals surface area contributed by atoms with Gasteiger partial charge in [-0.05, 0) is 0 Å². The molecule has 0 aromatic heterocycles. The number of phenols is 1. The molecule has 0 saturated heterocycles.